The maximum absolute atomic E-state index is 3.84. The molecule has 0 heterocycles. The Morgan fingerprint density at radius 2 is 2.00 bits per heavy atom. The van der Waals surface area contributed by atoms with Crippen molar-refractivity contribution in [1.82, 2.24) is 0 Å². The van der Waals surface area contributed by atoms with Crippen LogP contribution < -0.4 is 21.2 Å². The monoisotopic (exact) mass is 297 g/mol. The molecular weight excluding hydrogens is 283 g/mol. The van der Waals surface area contributed by atoms with E-state index in [0.717, 1.165) is 0 Å². The molecule has 0 aromatic heterocycles. The first kappa shape index (κ1) is 11.2. The Morgan fingerprint density at radius 3 is 2.57 bits per heavy atom. The fourth-order valence-electron chi connectivity index (χ4n) is 0.930. The van der Waals surface area contributed by atoms with Gasteiger partial charge in [0.25, 0.3) is 0 Å². The fourth-order valence-corrected chi connectivity index (χ4v) is 3.03. The lowest BCUT2D eigenvalue weighted by atomic mass is 10.4. The molecule has 1 aromatic rings. The Hall–Kier alpha value is -0.830. The van der Waals surface area contributed by atoms with Crippen molar-refractivity contribution in [3.63, 3.8) is 0 Å². The van der Waals surface area contributed by atoms with E-state index in [1.165, 1.54) is 7.15 Å². The molecule has 0 bridgehead atoms. The van der Waals surface area contributed by atoms with E-state index in [0.29, 0.717) is 0 Å². The van der Waals surface area contributed by atoms with E-state index in [1.807, 2.05) is 19.1 Å². The SMILES string of the molecule is C=C/C(=C\C=C/C)[I+]c1ccccc1. The Balaban J connectivity index is 2.71. The van der Waals surface area contributed by atoms with Crippen molar-refractivity contribution in [2.24, 2.45) is 0 Å². The molecule has 0 aliphatic heterocycles. The van der Waals surface area contributed by atoms with E-state index >= 15 is 0 Å². The van der Waals surface area contributed by atoms with E-state index < -0.39 is 0 Å². The van der Waals surface area contributed by atoms with Crippen molar-refractivity contribution < 1.29 is 21.2 Å². The molecule has 0 fully saturated rings. The van der Waals surface area contributed by atoms with Gasteiger partial charge < -0.3 is 0 Å². The van der Waals surface area contributed by atoms with Crippen molar-refractivity contribution >= 4 is 0 Å². The van der Waals surface area contributed by atoms with Crippen molar-refractivity contribution in [3.05, 3.63) is 68.4 Å². The van der Waals surface area contributed by atoms with Gasteiger partial charge in [-0.25, -0.2) is 0 Å². The van der Waals surface area contributed by atoms with Gasteiger partial charge in [-0.3, -0.25) is 0 Å². The van der Waals surface area contributed by atoms with E-state index in [1.54, 1.807) is 0 Å². The van der Waals surface area contributed by atoms with Gasteiger partial charge in [0.1, 0.15) is 0 Å². The highest BCUT2D eigenvalue weighted by Crippen LogP contribution is 1.85. The van der Waals surface area contributed by atoms with Crippen molar-refractivity contribution in [2.45, 2.75) is 6.92 Å². The van der Waals surface area contributed by atoms with Gasteiger partial charge in [-0.1, -0.05) is 36.9 Å². The van der Waals surface area contributed by atoms with Crippen LogP contribution in [0.5, 0.6) is 0 Å². The quantitative estimate of drug-likeness (QED) is 0.564. The van der Waals surface area contributed by atoms with Gasteiger partial charge in [-0.15, -0.1) is 0 Å². The summed E-state index contributed by atoms with van der Waals surface area (Å²) in [6.45, 7) is 5.86. The van der Waals surface area contributed by atoms with Crippen LogP contribution in [0.4, 0.5) is 0 Å². The van der Waals surface area contributed by atoms with E-state index in [2.05, 4.69) is 49.1 Å². The normalized spacial score (nSPS) is 11.9. The summed E-state index contributed by atoms with van der Waals surface area (Å²) < 4.78 is 2.79. The molecule has 0 saturated carbocycles. The summed E-state index contributed by atoms with van der Waals surface area (Å²) in [6.07, 6.45) is 8.21. The summed E-state index contributed by atoms with van der Waals surface area (Å²) in [5.74, 6) is 0. The molecule has 0 saturated heterocycles. The highest BCUT2D eigenvalue weighted by Gasteiger charge is 2.13. The average molecular weight is 297 g/mol. The largest absolute Gasteiger partial charge is 0.357 e. The van der Waals surface area contributed by atoms with Crippen LogP contribution >= 0.6 is 0 Å². The molecule has 0 aliphatic rings. The molecule has 0 spiro atoms. The number of hydrogen-bond acceptors (Lipinski definition) is 0. The Labute approximate surface area is 96.3 Å². The van der Waals surface area contributed by atoms with Gasteiger partial charge in [0.05, 0.1) is 0 Å². The van der Waals surface area contributed by atoms with Gasteiger partial charge in [-0.2, -0.15) is 0 Å². The number of benzene rings is 1. The Kier molecular flexibility index (Phi) is 5.30. The standard InChI is InChI=1S/C13H14I/c1-3-5-9-12(4-2)14-13-10-7-6-8-11-13/h3-11H,2H2,1H3/q+1/b5-3-,12-9+. The average Bonchev–Trinajstić information content (AvgIpc) is 2.25. The van der Waals surface area contributed by atoms with Crippen molar-refractivity contribution in [2.75, 3.05) is 0 Å². The van der Waals surface area contributed by atoms with Crippen LogP contribution in [0.3, 0.4) is 0 Å². The third-order valence-corrected chi connectivity index (χ3v) is 4.36. The zero-order valence-electron chi connectivity index (χ0n) is 8.28. The second-order valence-electron chi connectivity index (χ2n) is 2.67. The van der Waals surface area contributed by atoms with Gasteiger partial charge in [-0.05, 0) is 31.2 Å². The Morgan fingerprint density at radius 1 is 1.29 bits per heavy atom. The maximum Gasteiger partial charge on any atom is 0.357 e. The minimum absolute atomic E-state index is 0.0599. The van der Waals surface area contributed by atoms with E-state index in [-0.39, 0.29) is 21.2 Å². The number of allylic oxidation sites excluding steroid dienone is 5. The van der Waals surface area contributed by atoms with Crippen LogP contribution in [0.2, 0.25) is 0 Å². The van der Waals surface area contributed by atoms with Gasteiger partial charge >= 0.3 is 21.2 Å². The fraction of sp³-hybridized carbons (Fsp3) is 0.0769. The second-order valence-corrected chi connectivity index (χ2v) is 5.70. The zero-order valence-corrected chi connectivity index (χ0v) is 10.4. The molecular formula is C13H14I+. The second kappa shape index (κ2) is 6.60. The van der Waals surface area contributed by atoms with Crippen LogP contribution in [0.25, 0.3) is 0 Å². The predicted molar refractivity (Wildman–Crippen MR) is 58.2 cm³/mol. The minimum Gasteiger partial charge on any atom is -0.0946 e. The summed E-state index contributed by atoms with van der Waals surface area (Å²) in [7, 11) is 0. The lowest BCUT2D eigenvalue weighted by Crippen LogP contribution is -3.60. The van der Waals surface area contributed by atoms with Crippen LogP contribution in [-0.4, -0.2) is 0 Å². The van der Waals surface area contributed by atoms with E-state index in [4.69, 9.17) is 0 Å². The lowest BCUT2D eigenvalue weighted by molar-refractivity contribution is -0.571. The molecule has 72 valence electrons. The number of rotatable bonds is 4. The van der Waals surface area contributed by atoms with Crippen LogP contribution in [-0.2, 0) is 0 Å². The number of halogens is 1. The summed E-state index contributed by atoms with van der Waals surface area (Å²) in [4.78, 5) is 0. The molecule has 0 N–H and O–H groups in total. The molecule has 0 amide bonds. The lowest BCUT2D eigenvalue weighted by Gasteiger charge is -1.84. The third kappa shape index (κ3) is 3.92. The van der Waals surface area contributed by atoms with Gasteiger partial charge in [0.2, 0.25) is 0 Å². The zero-order chi connectivity index (χ0) is 10.2. The third-order valence-electron chi connectivity index (χ3n) is 1.59. The molecule has 0 nitrogen and oxygen atoms in total. The smallest absolute Gasteiger partial charge is 0.0946 e. The topological polar surface area (TPSA) is 0 Å². The minimum atomic E-state index is -0.0599. The summed E-state index contributed by atoms with van der Waals surface area (Å²) in [5, 5.41) is 0. The molecule has 0 atom stereocenters. The van der Waals surface area contributed by atoms with Crippen LogP contribution in [0.15, 0.2) is 64.8 Å². The van der Waals surface area contributed by atoms with Crippen LogP contribution in [0, 0.1) is 3.57 Å². The summed E-state index contributed by atoms with van der Waals surface area (Å²) >= 11 is -0.0599. The first-order chi connectivity index (χ1) is 6.86. The molecule has 1 rings (SSSR count). The van der Waals surface area contributed by atoms with Gasteiger partial charge in [0, 0.05) is 0 Å². The molecule has 1 heteroatoms. The van der Waals surface area contributed by atoms with Crippen molar-refractivity contribution in [3.8, 4) is 0 Å². The summed E-state index contributed by atoms with van der Waals surface area (Å²) in [5.41, 5.74) is 0. The predicted octanol–water partition coefficient (Wildman–Crippen LogP) is 0.591. The number of hydrogen-bond donors (Lipinski definition) is 0. The van der Waals surface area contributed by atoms with E-state index in [9.17, 15) is 0 Å². The van der Waals surface area contributed by atoms with Crippen LogP contribution in [0.1, 0.15) is 6.92 Å². The maximum atomic E-state index is 3.84. The molecule has 14 heavy (non-hydrogen) atoms. The highest BCUT2D eigenvalue weighted by molar-refractivity contribution is 5.15. The molecule has 0 unspecified atom stereocenters. The Bertz CT molecular complexity index is 334. The molecule has 0 aliphatic carbocycles. The first-order valence-corrected chi connectivity index (χ1v) is 6.68. The molecule has 0 radical (unpaired) electrons. The summed E-state index contributed by atoms with van der Waals surface area (Å²) in [6, 6.07) is 10.6. The molecule has 1 aromatic carbocycles. The van der Waals surface area contributed by atoms with Crippen molar-refractivity contribution in [1.29, 1.82) is 0 Å². The first-order valence-electron chi connectivity index (χ1n) is 4.52. The highest BCUT2D eigenvalue weighted by atomic mass is 127. The van der Waals surface area contributed by atoms with Gasteiger partial charge in [0.15, 0.2) is 7.15 Å².